The maximum Gasteiger partial charge on any atom is 0.193 e. The van der Waals surface area contributed by atoms with Crippen molar-refractivity contribution in [1.82, 2.24) is 25.0 Å². The van der Waals surface area contributed by atoms with E-state index >= 15 is 0 Å². The Morgan fingerprint density at radius 1 is 1.00 bits per heavy atom. The molecule has 31 heavy (non-hydrogen) atoms. The fraction of sp³-hybridized carbons (Fsp3) is 0.261. The molecule has 0 aliphatic heterocycles. The van der Waals surface area contributed by atoms with E-state index in [1.54, 1.807) is 30.9 Å². The van der Waals surface area contributed by atoms with Crippen LogP contribution in [0.5, 0.6) is 0 Å². The molecule has 0 fully saturated rings. The minimum absolute atomic E-state index is 0.0523. The van der Waals surface area contributed by atoms with Gasteiger partial charge in [-0.3, -0.25) is 9.78 Å². The number of ketones is 1. The molecular weight excluding hydrogens is 433 g/mol. The lowest BCUT2D eigenvalue weighted by Crippen LogP contribution is -2.18. The monoisotopic (exact) mass is 453 g/mol. The Balaban J connectivity index is 1.61. The van der Waals surface area contributed by atoms with Crippen LogP contribution in [0.2, 0.25) is 10.0 Å². The first-order chi connectivity index (χ1) is 14.7. The number of fused-ring (bicyclic) bond motifs is 1. The van der Waals surface area contributed by atoms with Crippen LogP contribution >= 0.6 is 23.2 Å². The van der Waals surface area contributed by atoms with Crippen molar-refractivity contribution in [2.24, 2.45) is 0 Å². The molecule has 3 aromatic heterocycles. The molecule has 0 N–H and O–H groups in total. The molecule has 3 heterocycles. The second-order valence-electron chi connectivity index (χ2n) is 8.43. The zero-order valence-corrected chi connectivity index (χ0v) is 18.9. The molecule has 4 rings (SSSR count). The van der Waals surface area contributed by atoms with Crippen molar-refractivity contribution in [3.8, 4) is 5.82 Å². The number of nitrogens with zero attached hydrogens (tertiary/aromatic N) is 5. The summed E-state index contributed by atoms with van der Waals surface area (Å²) in [7, 11) is 0. The van der Waals surface area contributed by atoms with Gasteiger partial charge < -0.3 is 0 Å². The molecule has 0 atom stereocenters. The molecule has 0 aliphatic carbocycles. The van der Waals surface area contributed by atoms with Gasteiger partial charge in [0.15, 0.2) is 5.82 Å². The largest absolute Gasteiger partial charge is 0.299 e. The van der Waals surface area contributed by atoms with Crippen LogP contribution in [-0.2, 0) is 23.1 Å². The van der Waals surface area contributed by atoms with Gasteiger partial charge in [0.25, 0.3) is 0 Å². The number of carbonyl (C=O) groups is 1. The molecule has 0 unspecified atom stereocenters. The number of carbonyl (C=O) groups excluding carboxylic acids is 1. The fourth-order valence-corrected chi connectivity index (χ4v) is 4.20. The average molecular weight is 454 g/mol. The molecule has 0 aliphatic rings. The molecule has 0 radical (unpaired) electrons. The van der Waals surface area contributed by atoms with Crippen LogP contribution in [0.4, 0.5) is 0 Å². The summed E-state index contributed by atoms with van der Waals surface area (Å²) in [6.07, 6.45) is 7.01. The van der Waals surface area contributed by atoms with Crippen molar-refractivity contribution in [1.29, 1.82) is 0 Å². The first-order valence-corrected chi connectivity index (χ1v) is 10.6. The fourth-order valence-electron chi connectivity index (χ4n) is 3.77. The summed E-state index contributed by atoms with van der Waals surface area (Å²) in [6.45, 7) is 6.38. The van der Waals surface area contributed by atoms with E-state index in [9.17, 15) is 4.79 Å². The van der Waals surface area contributed by atoms with E-state index in [-0.39, 0.29) is 24.0 Å². The smallest absolute Gasteiger partial charge is 0.193 e. The topological polar surface area (TPSA) is 73.6 Å². The van der Waals surface area contributed by atoms with E-state index in [1.807, 2.05) is 18.2 Å². The predicted molar refractivity (Wildman–Crippen MR) is 122 cm³/mol. The van der Waals surface area contributed by atoms with Crippen molar-refractivity contribution in [3.05, 3.63) is 75.8 Å². The summed E-state index contributed by atoms with van der Waals surface area (Å²) in [4.78, 5) is 23.1. The van der Waals surface area contributed by atoms with Crippen molar-refractivity contribution >= 4 is 39.9 Å². The second kappa shape index (κ2) is 8.36. The van der Waals surface area contributed by atoms with E-state index in [0.29, 0.717) is 15.9 Å². The van der Waals surface area contributed by atoms with Gasteiger partial charge in [0.05, 0.1) is 22.9 Å². The van der Waals surface area contributed by atoms with Crippen LogP contribution in [0.1, 0.15) is 37.5 Å². The van der Waals surface area contributed by atoms with Gasteiger partial charge in [-0.15, -0.1) is 4.80 Å². The highest BCUT2D eigenvalue weighted by molar-refractivity contribution is 6.32. The predicted octanol–water partition coefficient (Wildman–Crippen LogP) is 5.17. The Morgan fingerprint density at radius 3 is 2.42 bits per heavy atom. The van der Waals surface area contributed by atoms with Gasteiger partial charge in [0, 0.05) is 35.6 Å². The van der Waals surface area contributed by atoms with Gasteiger partial charge in [-0.2, -0.15) is 10.2 Å². The van der Waals surface area contributed by atoms with E-state index in [2.05, 4.69) is 40.9 Å². The Hall–Kier alpha value is -2.83. The molecule has 6 nitrogen and oxygen atoms in total. The van der Waals surface area contributed by atoms with Gasteiger partial charge >= 0.3 is 0 Å². The number of hydrogen-bond acceptors (Lipinski definition) is 5. The number of hydrogen-bond donors (Lipinski definition) is 0. The standard InChI is InChI=1S/C23H21Cl2N5O/c1-23(2,3)21-15(13-26-20-5-4-16(24)11-18(20)21)10-17(31)8-14-9-19(25)22(27-12-14)30-28-6-7-29-30/h4-7,9,11-13H,8,10H2,1-3H3. The lowest BCUT2D eigenvalue weighted by molar-refractivity contribution is -0.117. The molecule has 1 aromatic carbocycles. The number of pyridine rings is 2. The molecule has 0 amide bonds. The molecule has 0 spiro atoms. The summed E-state index contributed by atoms with van der Waals surface area (Å²) in [5.74, 6) is 0.477. The lowest BCUT2D eigenvalue weighted by atomic mass is 9.80. The third kappa shape index (κ3) is 4.60. The van der Waals surface area contributed by atoms with Crippen LogP contribution in [0, 0.1) is 0 Å². The highest BCUT2D eigenvalue weighted by Crippen LogP contribution is 2.34. The first kappa shape index (κ1) is 21.4. The molecule has 158 valence electrons. The molecule has 0 bridgehead atoms. The highest BCUT2D eigenvalue weighted by Gasteiger charge is 2.23. The molecule has 0 saturated heterocycles. The second-order valence-corrected chi connectivity index (χ2v) is 9.27. The van der Waals surface area contributed by atoms with Crippen molar-refractivity contribution in [2.45, 2.75) is 39.0 Å². The van der Waals surface area contributed by atoms with E-state index in [0.717, 1.165) is 27.6 Å². The third-order valence-electron chi connectivity index (χ3n) is 4.93. The first-order valence-electron chi connectivity index (χ1n) is 9.83. The quantitative estimate of drug-likeness (QED) is 0.416. The van der Waals surface area contributed by atoms with Crippen LogP contribution < -0.4 is 0 Å². The number of Topliss-reactive ketones (excluding diaryl/α,β-unsaturated/α-hetero) is 1. The van der Waals surface area contributed by atoms with Crippen LogP contribution in [0.25, 0.3) is 16.7 Å². The Bertz CT molecular complexity index is 1260. The number of benzene rings is 1. The lowest BCUT2D eigenvalue weighted by Gasteiger charge is -2.25. The molecule has 4 aromatic rings. The van der Waals surface area contributed by atoms with E-state index in [1.165, 1.54) is 4.80 Å². The number of aromatic nitrogens is 5. The maximum atomic E-state index is 12.9. The highest BCUT2D eigenvalue weighted by atomic mass is 35.5. The van der Waals surface area contributed by atoms with Crippen molar-refractivity contribution in [3.63, 3.8) is 0 Å². The van der Waals surface area contributed by atoms with E-state index in [4.69, 9.17) is 23.2 Å². The molecule has 0 saturated carbocycles. The summed E-state index contributed by atoms with van der Waals surface area (Å²) in [6, 6.07) is 7.38. The Kier molecular flexibility index (Phi) is 5.77. The average Bonchev–Trinajstić information content (AvgIpc) is 3.21. The summed E-state index contributed by atoms with van der Waals surface area (Å²) in [5.41, 5.74) is 3.42. The van der Waals surface area contributed by atoms with Gasteiger partial charge in [0.1, 0.15) is 5.78 Å². The summed E-state index contributed by atoms with van der Waals surface area (Å²) in [5, 5.41) is 10.1. The summed E-state index contributed by atoms with van der Waals surface area (Å²) < 4.78 is 0. The van der Waals surface area contributed by atoms with E-state index < -0.39 is 0 Å². The number of halogens is 2. The van der Waals surface area contributed by atoms with Gasteiger partial charge in [0.2, 0.25) is 0 Å². The Labute approximate surface area is 190 Å². The van der Waals surface area contributed by atoms with Crippen LogP contribution in [-0.4, -0.2) is 30.7 Å². The maximum absolute atomic E-state index is 12.9. The minimum atomic E-state index is -0.176. The van der Waals surface area contributed by atoms with Gasteiger partial charge in [-0.25, -0.2) is 4.98 Å². The summed E-state index contributed by atoms with van der Waals surface area (Å²) >= 11 is 12.6. The van der Waals surface area contributed by atoms with Crippen molar-refractivity contribution < 1.29 is 4.79 Å². The SMILES string of the molecule is CC(C)(C)c1c(CC(=O)Cc2cnc(-n3nccn3)c(Cl)c2)cnc2ccc(Cl)cc12. The molecule has 8 heteroatoms. The van der Waals surface area contributed by atoms with Crippen molar-refractivity contribution in [2.75, 3.05) is 0 Å². The molecular formula is C23H21Cl2N5O. The number of rotatable bonds is 5. The van der Waals surface area contributed by atoms with Crippen LogP contribution in [0.3, 0.4) is 0 Å². The zero-order valence-electron chi connectivity index (χ0n) is 17.4. The zero-order chi connectivity index (χ0) is 22.2. The van der Waals surface area contributed by atoms with Crippen LogP contribution in [0.15, 0.2) is 49.1 Å². The van der Waals surface area contributed by atoms with Gasteiger partial charge in [-0.1, -0.05) is 44.0 Å². The normalized spacial score (nSPS) is 11.8. The van der Waals surface area contributed by atoms with Gasteiger partial charge in [-0.05, 0) is 46.4 Å². The Morgan fingerprint density at radius 2 is 1.74 bits per heavy atom. The third-order valence-corrected chi connectivity index (χ3v) is 5.45. The minimum Gasteiger partial charge on any atom is -0.299 e.